The predicted molar refractivity (Wildman–Crippen MR) is 244 cm³/mol. The van der Waals surface area contributed by atoms with Crippen LogP contribution >= 0.6 is 0 Å². The predicted octanol–water partition coefficient (Wildman–Crippen LogP) is 13.0. The van der Waals surface area contributed by atoms with Gasteiger partial charge in [-0.3, -0.25) is 0 Å². The molecule has 274 valence electrons. The zero-order valence-electron chi connectivity index (χ0n) is 31.8. The van der Waals surface area contributed by atoms with Crippen LogP contribution in [0.3, 0.4) is 0 Å². The van der Waals surface area contributed by atoms with Crippen molar-refractivity contribution in [3.8, 4) is 50.6 Å². The fourth-order valence-corrected chi connectivity index (χ4v) is 9.98. The van der Waals surface area contributed by atoms with Crippen LogP contribution in [-0.4, -0.2) is 11.4 Å². The lowest BCUT2D eigenvalue weighted by molar-refractivity contribution is 0.487. The van der Waals surface area contributed by atoms with Crippen molar-refractivity contribution in [3.63, 3.8) is 0 Å². The molecule has 4 heterocycles. The molecule has 0 N–H and O–H groups in total. The molecule has 0 unspecified atom stereocenters. The van der Waals surface area contributed by atoms with Crippen LogP contribution < -0.4 is 20.5 Å². The number of rotatable bonds is 4. The number of furan rings is 1. The number of aromatic nitrogens is 1. The van der Waals surface area contributed by atoms with Crippen LogP contribution in [0.2, 0.25) is 0 Å². The van der Waals surface area contributed by atoms with E-state index in [4.69, 9.17) is 9.15 Å². The Kier molecular flexibility index (Phi) is 6.78. The Labute approximate surface area is 340 Å². The molecular formula is C54H33BN2O2. The summed E-state index contributed by atoms with van der Waals surface area (Å²) in [5, 5.41) is 4.73. The SMILES string of the molecule is c1ccc(N2B3c4ccccc4Oc4cc(-n5c6ccccc6c6ccccc65)cc(c43)-c3ccc(-c4ccccc4-c4cccc5oc6ccccc6c45)cc32)cc1. The highest BCUT2D eigenvalue weighted by Gasteiger charge is 2.44. The van der Waals surface area contributed by atoms with E-state index in [0.29, 0.717) is 0 Å². The standard InChI is InChI=1S/C54H33BN2O2/c1-2-15-35(16-3-1)57-48-31-34(37-17-4-5-18-38(37)42-22-14-28-51-53(42)43-21-8-12-26-49(43)58-51)29-30-41(48)44-32-36(33-52-54(44)55(57)45-23-9-13-27-50(45)59-52)56-46-24-10-6-19-39(46)40-20-7-11-25-47(40)56/h1-33H. The van der Waals surface area contributed by atoms with E-state index >= 15 is 0 Å². The molecule has 59 heavy (non-hydrogen) atoms. The third-order valence-corrected chi connectivity index (χ3v) is 12.4. The third kappa shape index (κ3) is 4.67. The number of benzene rings is 9. The van der Waals surface area contributed by atoms with Crippen molar-refractivity contribution in [2.45, 2.75) is 0 Å². The highest BCUT2D eigenvalue weighted by atomic mass is 16.5. The summed E-state index contributed by atoms with van der Waals surface area (Å²) in [7, 11) is 0. The Morgan fingerprint density at radius 3 is 1.90 bits per heavy atom. The van der Waals surface area contributed by atoms with E-state index in [2.05, 4.69) is 204 Å². The molecule has 13 rings (SSSR count). The summed E-state index contributed by atoms with van der Waals surface area (Å²) in [6.07, 6.45) is 0. The summed E-state index contributed by atoms with van der Waals surface area (Å²) >= 11 is 0. The van der Waals surface area contributed by atoms with Gasteiger partial charge < -0.3 is 18.5 Å². The van der Waals surface area contributed by atoms with Crippen LogP contribution in [0.5, 0.6) is 11.5 Å². The van der Waals surface area contributed by atoms with Gasteiger partial charge in [-0.15, -0.1) is 0 Å². The molecule has 2 aliphatic heterocycles. The van der Waals surface area contributed by atoms with Crippen LogP contribution in [0.15, 0.2) is 205 Å². The summed E-state index contributed by atoms with van der Waals surface area (Å²) in [5.74, 6) is 1.76. The molecule has 2 aromatic heterocycles. The third-order valence-electron chi connectivity index (χ3n) is 12.4. The van der Waals surface area contributed by atoms with Gasteiger partial charge in [0.15, 0.2) is 0 Å². The Morgan fingerprint density at radius 1 is 0.407 bits per heavy atom. The summed E-state index contributed by atoms with van der Waals surface area (Å²) in [4.78, 5) is 2.53. The largest absolute Gasteiger partial charge is 0.458 e. The minimum Gasteiger partial charge on any atom is -0.458 e. The average Bonchev–Trinajstić information content (AvgIpc) is 3.85. The number of para-hydroxylation sites is 5. The lowest BCUT2D eigenvalue weighted by Gasteiger charge is -2.42. The van der Waals surface area contributed by atoms with E-state index in [1.54, 1.807) is 0 Å². The van der Waals surface area contributed by atoms with Gasteiger partial charge in [-0.1, -0.05) is 140 Å². The molecule has 0 saturated heterocycles. The van der Waals surface area contributed by atoms with Crippen LogP contribution in [0.4, 0.5) is 11.4 Å². The first kappa shape index (κ1) is 32.3. The van der Waals surface area contributed by atoms with Crippen molar-refractivity contribution < 1.29 is 9.15 Å². The number of hydrogen-bond donors (Lipinski definition) is 0. The van der Waals surface area contributed by atoms with Crippen molar-refractivity contribution >= 4 is 72.9 Å². The number of ether oxygens (including phenoxy) is 1. The topological polar surface area (TPSA) is 30.5 Å². The van der Waals surface area contributed by atoms with Gasteiger partial charge in [0.1, 0.15) is 22.7 Å². The molecule has 9 aromatic carbocycles. The molecule has 0 spiro atoms. The van der Waals surface area contributed by atoms with Gasteiger partial charge in [-0.25, -0.2) is 0 Å². The smallest absolute Gasteiger partial charge is 0.336 e. The molecule has 5 heteroatoms. The second-order valence-electron chi connectivity index (χ2n) is 15.6. The minimum absolute atomic E-state index is 0.122. The zero-order chi connectivity index (χ0) is 38.6. The maximum absolute atomic E-state index is 6.96. The Balaban J connectivity index is 1.09. The monoisotopic (exact) mass is 752 g/mol. The second kappa shape index (κ2) is 12.4. The summed E-state index contributed by atoms with van der Waals surface area (Å²) in [6.45, 7) is -0.122. The first-order chi connectivity index (χ1) is 29.3. The van der Waals surface area contributed by atoms with Gasteiger partial charge in [-0.2, -0.15) is 0 Å². The van der Waals surface area contributed by atoms with Crippen LogP contribution in [0, 0.1) is 0 Å². The van der Waals surface area contributed by atoms with E-state index in [-0.39, 0.29) is 6.85 Å². The van der Waals surface area contributed by atoms with E-state index < -0.39 is 0 Å². The van der Waals surface area contributed by atoms with Crippen molar-refractivity contribution in [1.82, 2.24) is 4.57 Å². The Morgan fingerprint density at radius 2 is 1.07 bits per heavy atom. The molecule has 4 nitrogen and oxygen atoms in total. The fraction of sp³-hybridized carbons (Fsp3) is 0. The first-order valence-corrected chi connectivity index (χ1v) is 20.2. The van der Waals surface area contributed by atoms with Gasteiger partial charge in [-0.05, 0) is 87.9 Å². The van der Waals surface area contributed by atoms with Gasteiger partial charge in [0, 0.05) is 50.0 Å². The number of fused-ring (bicyclic) bond motifs is 10. The molecule has 0 amide bonds. The van der Waals surface area contributed by atoms with E-state index in [1.165, 1.54) is 44.0 Å². The molecule has 11 aromatic rings. The van der Waals surface area contributed by atoms with Crippen molar-refractivity contribution in [3.05, 3.63) is 200 Å². The van der Waals surface area contributed by atoms with Gasteiger partial charge in [0.25, 0.3) is 0 Å². The summed E-state index contributed by atoms with van der Waals surface area (Å²) < 4.78 is 15.7. The molecule has 0 bridgehead atoms. The zero-order valence-corrected chi connectivity index (χ0v) is 31.8. The summed E-state index contributed by atoms with van der Waals surface area (Å²) in [5.41, 5.74) is 16.8. The maximum atomic E-state index is 6.96. The highest BCUT2D eigenvalue weighted by Crippen LogP contribution is 2.48. The molecular weight excluding hydrogens is 719 g/mol. The van der Waals surface area contributed by atoms with E-state index in [9.17, 15) is 0 Å². The fourth-order valence-electron chi connectivity index (χ4n) is 9.98. The normalized spacial score (nSPS) is 12.8. The van der Waals surface area contributed by atoms with Gasteiger partial charge in [0.05, 0.1) is 16.7 Å². The van der Waals surface area contributed by atoms with Crippen LogP contribution in [0.25, 0.3) is 82.8 Å². The quantitative estimate of drug-likeness (QED) is 0.168. The van der Waals surface area contributed by atoms with Crippen LogP contribution in [0.1, 0.15) is 0 Å². The minimum atomic E-state index is -0.122. The van der Waals surface area contributed by atoms with E-state index in [0.717, 1.165) is 72.7 Å². The molecule has 0 radical (unpaired) electrons. The number of hydrogen-bond acceptors (Lipinski definition) is 3. The van der Waals surface area contributed by atoms with Crippen molar-refractivity contribution in [1.29, 1.82) is 0 Å². The highest BCUT2D eigenvalue weighted by molar-refractivity contribution is 6.92. The van der Waals surface area contributed by atoms with Crippen LogP contribution in [-0.2, 0) is 0 Å². The average molecular weight is 753 g/mol. The van der Waals surface area contributed by atoms with Gasteiger partial charge >= 0.3 is 6.85 Å². The molecule has 0 saturated carbocycles. The second-order valence-corrected chi connectivity index (χ2v) is 15.6. The molecule has 0 atom stereocenters. The molecule has 0 fully saturated rings. The Bertz CT molecular complexity index is 3460. The molecule has 2 aliphatic rings. The first-order valence-electron chi connectivity index (χ1n) is 20.2. The maximum Gasteiger partial charge on any atom is 0.336 e. The van der Waals surface area contributed by atoms with Gasteiger partial charge in [0.2, 0.25) is 0 Å². The Hall–Kier alpha value is -7.76. The lowest BCUT2D eigenvalue weighted by atomic mass is 9.44. The number of anilines is 2. The lowest BCUT2D eigenvalue weighted by Crippen LogP contribution is -2.59. The summed E-state index contributed by atoms with van der Waals surface area (Å²) in [6, 6.07) is 72.0. The number of nitrogens with zero attached hydrogens (tertiary/aromatic N) is 2. The van der Waals surface area contributed by atoms with Crippen molar-refractivity contribution in [2.24, 2.45) is 0 Å². The van der Waals surface area contributed by atoms with Crippen molar-refractivity contribution in [2.75, 3.05) is 4.81 Å². The molecule has 0 aliphatic carbocycles. The van der Waals surface area contributed by atoms with E-state index in [1.807, 2.05) is 6.07 Å².